The summed E-state index contributed by atoms with van der Waals surface area (Å²) in [7, 11) is 0. The van der Waals surface area contributed by atoms with Crippen LogP contribution < -0.4 is 5.73 Å². The Bertz CT molecular complexity index is 297. The smallest absolute Gasteiger partial charge is 0.323 e. The molecule has 0 aromatic carbocycles. The molecule has 0 amide bonds. The van der Waals surface area contributed by atoms with Gasteiger partial charge in [0.05, 0.1) is 0 Å². The summed E-state index contributed by atoms with van der Waals surface area (Å²) in [6.07, 6.45) is -5.03. The number of rotatable bonds is 3. The third kappa shape index (κ3) is 3.59. The molecule has 0 saturated carbocycles. The molecule has 0 fully saturated rings. The summed E-state index contributed by atoms with van der Waals surface area (Å²) in [4.78, 5) is 0.772. The minimum atomic E-state index is -4.12. The van der Waals surface area contributed by atoms with Crippen LogP contribution in [0.4, 0.5) is 13.2 Å². The number of nitrogens with two attached hydrogens (primary N) is 1. The Labute approximate surface area is 92.2 Å². The number of hydrogen-bond donors (Lipinski definition) is 1. The van der Waals surface area contributed by atoms with Crippen molar-refractivity contribution in [3.63, 3.8) is 0 Å². The molecule has 0 aliphatic rings. The molecule has 80 valence electrons. The summed E-state index contributed by atoms with van der Waals surface area (Å²) in [5, 5.41) is 1.80. The van der Waals surface area contributed by atoms with Gasteiger partial charge in [-0.3, -0.25) is 0 Å². The zero-order valence-electron chi connectivity index (χ0n) is 7.14. The van der Waals surface area contributed by atoms with Gasteiger partial charge in [0, 0.05) is 21.8 Å². The quantitative estimate of drug-likeness (QED) is 0.898. The lowest BCUT2D eigenvalue weighted by Crippen LogP contribution is -2.15. The third-order valence-electron chi connectivity index (χ3n) is 1.72. The minimum absolute atomic E-state index is 0.0669. The van der Waals surface area contributed by atoms with Crippen molar-refractivity contribution in [2.24, 2.45) is 5.73 Å². The normalized spacial score (nSPS) is 14.4. The lowest BCUT2D eigenvalue weighted by atomic mass is 10.1. The molecule has 1 heterocycles. The highest BCUT2D eigenvalue weighted by molar-refractivity contribution is 9.10. The molecule has 2 N–H and O–H groups in total. The van der Waals surface area contributed by atoms with Crippen molar-refractivity contribution >= 4 is 27.3 Å². The minimum Gasteiger partial charge on any atom is -0.323 e. The van der Waals surface area contributed by atoms with E-state index in [0.29, 0.717) is 0 Å². The lowest BCUT2D eigenvalue weighted by Gasteiger charge is -2.12. The first-order valence-electron chi connectivity index (χ1n) is 3.95. The van der Waals surface area contributed by atoms with Crippen molar-refractivity contribution in [2.75, 3.05) is 0 Å². The first kappa shape index (κ1) is 12.0. The van der Waals surface area contributed by atoms with Crippen LogP contribution in [0.15, 0.2) is 15.9 Å². The largest absolute Gasteiger partial charge is 0.389 e. The van der Waals surface area contributed by atoms with E-state index < -0.39 is 18.6 Å². The maximum absolute atomic E-state index is 11.9. The van der Waals surface area contributed by atoms with Gasteiger partial charge in [-0.2, -0.15) is 13.2 Å². The zero-order valence-corrected chi connectivity index (χ0v) is 9.55. The SMILES string of the molecule is N[C@@H](CCC(F)(F)F)c1sccc1Br. The summed E-state index contributed by atoms with van der Waals surface area (Å²) in [5.74, 6) is 0. The highest BCUT2D eigenvalue weighted by Gasteiger charge is 2.28. The Hall–Kier alpha value is -0.0700. The Morgan fingerprint density at radius 3 is 2.57 bits per heavy atom. The second-order valence-electron chi connectivity index (χ2n) is 2.89. The number of hydrogen-bond acceptors (Lipinski definition) is 2. The van der Waals surface area contributed by atoms with Crippen LogP contribution in [0.2, 0.25) is 0 Å². The van der Waals surface area contributed by atoms with Gasteiger partial charge in [-0.25, -0.2) is 0 Å². The van der Waals surface area contributed by atoms with Crippen molar-refractivity contribution in [2.45, 2.75) is 25.1 Å². The highest BCUT2D eigenvalue weighted by Crippen LogP contribution is 2.32. The fraction of sp³-hybridized carbons (Fsp3) is 0.500. The second-order valence-corrected chi connectivity index (χ2v) is 4.70. The van der Waals surface area contributed by atoms with Crippen LogP contribution in [0.1, 0.15) is 23.8 Å². The van der Waals surface area contributed by atoms with Crippen molar-refractivity contribution in [1.82, 2.24) is 0 Å². The maximum atomic E-state index is 11.9. The van der Waals surface area contributed by atoms with Crippen molar-refractivity contribution in [3.05, 3.63) is 20.8 Å². The Balaban J connectivity index is 2.51. The summed E-state index contributed by atoms with van der Waals surface area (Å²) >= 11 is 4.61. The molecule has 0 aliphatic carbocycles. The molecule has 1 aromatic heterocycles. The maximum Gasteiger partial charge on any atom is 0.389 e. The first-order chi connectivity index (χ1) is 6.40. The van der Waals surface area contributed by atoms with Gasteiger partial charge in [0.1, 0.15) is 0 Å². The van der Waals surface area contributed by atoms with E-state index in [-0.39, 0.29) is 6.42 Å². The van der Waals surface area contributed by atoms with E-state index in [0.717, 1.165) is 9.35 Å². The van der Waals surface area contributed by atoms with E-state index in [1.54, 1.807) is 11.4 Å². The lowest BCUT2D eigenvalue weighted by molar-refractivity contribution is -0.136. The molecule has 1 atom stereocenters. The molecule has 14 heavy (non-hydrogen) atoms. The van der Waals surface area contributed by atoms with Crippen LogP contribution in [0.25, 0.3) is 0 Å². The van der Waals surface area contributed by atoms with Gasteiger partial charge < -0.3 is 5.73 Å². The summed E-state index contributed by atoms with van der Waals surface area (Å²) in [6, 6.07) is 1.25. The molecular formula is C8H9BrF3NS. The number of thiophene rings is 1. The van der Waals surface area contributed by atoms with Crippen LogP contribution in [-0.2, 0) is 0 Å². The fourth-order valence-corrected chi connectivity index (χ4v) is 2.73. The molecule has 1 rings (SSSR count). The van der Waals surface area contributed by atoms with Crippen LogP contribution in [-0.4, -0.2) is 6.18 Å². The van der Waals surface area contributed by atoms with Gasteiger partial charge in [0.25, 0.3) is 0 Å². The summed E-state index contributed by atoms with van der Waals surface area (Å²) < 4.78 is 36.5. The molecule has 0 radical (unpaired) electrons. The molecule has 6 heteroatoms. The number of alkyl halides is 3. The van der Waals surface area contributed by atoms with E-state index in [9.17, 15) is 13.2 Å². The molecule has 0 saturated heterocycles. The van der Waals surface area contributed by atoms with E-state index >= 15 is 0 Å². The Morgan fingerprint density at radius 1 is 1.50 bits per heavy atom. The van der Waals surface area contributed by atoms with Crippen molar-refractivity contribution in [3.8, 4) is 0 Å². The van der Waals surface area contributed by atoms with Crippen LogP contribution >= 0.6 is 27.3 Å². The predicted octanol–water partition coefficient (Wildman–Crippen LogP) is 3.85. The van der Waals surface area contributed by atoms with Crippen LogP contribution in [0.5, 0.6) is 0 Å². The predicted molar refractivity (Wildman–Crippen MR) is 54.2 cm³/mol. The van der Waals surface area contributed by atoms with Gasteiger partial charge in [-0.05, 0) is 33.8 Å². The molecule has 0 spiro atoms. The standard InChI is InChI=1S/C8H9BrF3NS/c9-5-2-4-14-7(5)6(13)1-3-8(10,11)12/h2,4,6H,1,3,13H2/t6-/m0/s1. The average molecular weight is 288 g/mol. The molecule has 0 bridgehead atoms. The van der Waals surface area contributed by atoms with Gasteiger partial charge in [-0.15, -0.1) is 11.3 Å². The number of halogens is 4. The van der Waals surface area contributed by atoms with E-state index in [1.165, 1.54) is 11.3 Å². The first-order valence-corrected chi connectivity index (χ1v) is 5.62. The van der Waals surface area contributed by atoms with Gasteiger partial charge >= 0.3 is 6.18 Å². The highest BCUT2D eigenvalue weighted by atomic mass is 79.9. The van der Waals surface area contributed by atoms with Crippen LogP contribution in [0, 0.1) is 0 Å². The topological polar surface area (TPSA) is 26.0 Å². The van der Waals surface area contributed by atoms with Crippen LogP contribution in [0.3, 0.4) is 0 Å². The monoisotopic (exact) mass is 287 g/mol. The fourth-order valence-electron chi connectivity index (χ4n) is 1.02. The average Bonchev–Trinajstić information content (AvgIpc) is 2.46. The molecule has 0 unspecified atom stereocenters. The van der Waals surface area contributed by atoms with Crippen molar-refractivity contribution < 1.29 is 13.2 Å². The molecule has 1 nitrogen and oxygen atoms in total. The molecule has 1 aromatic rings. The van der Waals surface area contributed by atoms with E-state index in [4.69, 9.17) is 5.73 Å². The molecular weight excluding hydrogens is 279 g/mol. The summed E-state index contributed by atoms with van der Waals surface area (Å²) in [5.41, 5.74) is 5.63. The van der Waals surface area contributed by atoms with E-state index in [1.807, 2.05) is 0 Å². The zero-order chi connectivity index (χ0) is 10.8. The Morgan fingerprint density at radius 2 is 2.14 bits per heavy atom. The molecule has 0 aliphatic heterocycles. The van der Waals surface area contributed by atoms with Crippen molar-refractivity contribution in [1.29, 1.82) is 0 Å². The third-order valence-corrected chi connectivity index (χ3v) is 3.72. The van der Waals surface area contributed by atoms with Gasteiger partial charge in [-0.1, -0.05) is 0 Å². The Kier molecular flexibility index (Phi) is 3.97. The van der Waals surface area contributed by atoms with Gasteiger partial charge in [0.15, 0.2) is 0 Å². The second kappa shape index (κ2) is 4.63. The van der Waals surface area contributed by atoms with Gasteiger partial charge in [0.2, 0.25) is 0 Å². The van der Waals surface area contributed by atoms with E-state index in [2.05, 4.69) is 15.9 Å². The summed E-state index contributed by atoms with van der Waals surface area (Å²) in [6.45, 7) is 0.